The lowest BCUT2D eigenvalue weighted by atomic mass is 10.1. The minimum absolute atomic E-state index is 0.107. The Labute approximate surface area is 108 Å². The average Bonchev–Trinajstić information content (AvgIpc) is 2.38. The molecule has 0 aliphatic rings. The van der Waals surface area contributed by atoms with Crippen molar-refractivity contribution in [2.45, 2.75) is 13.1 Å². The second-order valence-corrected chi connectivity index (χ2v) is 3.71. The molecule has 0 aliphatic heterocycles. The molecule has 0 spiro atoms. The first-order chi connectivity index (χ1) is 8.81. The molecule has 0 atom stereocenters. The number of ketones is 1. The van der Waals surface area contributed by atoms with Gasteiger partial charge < -0.3 is 9.47 Å². The number of rotatable bonds is 4. The predicted octanol–water partition coefficient (Wildman–Crippen LogP) is 3.20. The van der Waals surface area contributed by atoms with E-state index in [0.29, 0.717) is 11.3 Å². The largest absolute Gasteiger partial charge is 0.497 e. The van der Waals surface area contributed by atoms with Gasteiger partial charge in [-0.1, -0.05) is 0 Å². The van der Waals surface area contributed by atoms with Gasteiger partial charge in [-0.05, 0) is 31.2 Å². The fraction of sp³-hybridized carbons (Fsp3) is 0.308. The average molecular weight is 274 g/mol. The Morgan fingerprint density at radius 1 is 1.11 bits per heavy atom. The summed E-state index contributed by atoms with van der Waals surface area (Å²) in [7, 11) is 2.69. The number of Topliss-reactive ketones (excluding diaryl/α,β-unsaturated/α-hetero) is 1. The highest BCUT2D eigenvalue weighted by atomic mass is 19.4. The summed E-state index contributed by atoms with van der Waals surface area (Å²) in [5.74, 6) is -1.47. The van der Waals surface area contributed by atoms with Gasteiger partial charge in [-0.2, -0.15) is 13.2 Å². The number of halogens is 3. The Kier molecular flexibility index (Phi) is 4.58. The van der Waals surface area contributed by atoms with E-state index in [1.165, 1.54) is 26.4 Å². The Hall–Kier alpha value is -1.98. The molecular weight excluding hydrogens is 261 g/mol. The number of hydrogen-bond acceptors (Lipinski definition) is 3. The zero-order valence-electron chi connectivity index (χ0n) is 10.7. The van der Waals surface area contributed by atoms with E-state index in [1.54, 1.807) is 12.1 Å². The van der Waals surface area contributed by atoms with Crippen LogP contribution in [0, 0.1) is 0 Å². The summed E-state index contributed by atoms with van der Waals surface area (Å²) in [6.45, 7) is 1.08. The van der Waals surface area contributed by atoms with Crippen LogP contribution in [0.25, 0.3) is 5.76 Å². The first kappa shape index (κ1) is 15.1. The topological polar surface area (TPSA) is 35.5 Å². The molecule has 0 radical (unpaired) electrons. The van der Waals surface area contributed by atoms with E-state index >= 15 is 0 Å². The molecule has 0 fully saturated rings. The fourth-order valence-electron chi connectivity index (χ4n) is 1.55. The SMILES string of the molecule is COC(=C(C)C(=O)C(F)(F)F)c1ccc(OC)cc1. The van der Waals surface area contributed by atoms with Gasteiger partial charge in [0.25, 0.3) is 5.78 Å². The molecule has 3 nitrogen and oxygen atoms in total. The molecule has 0 heterocycles. The summed E-state index contributed by atoms with van der Waals surface area (Å²) in [6.07, 6.45) is -4.92. The lowest BCUT2D eigenvalue weighted by molar-refractivity contribution is -0.166. The summed E-state index contributed by atoms with van der Waals surface area (Å²) < 4.78 is 47.0. The van der Waals surface area contributed by atoms with Gasteiger partial charge in [-0.25, -0.2) is 0 Å². The maximum atomic E-state index is 12.4. The van der Waals surface area contributed by atoms with Crippen LogP contribution in [0.2, 0.25) is 0 Å². The zero-order valence-corrected chi connectivity index (χ0v) is 10.7. The molecule has 1 rings (SSSR count). The standard InChI is InChI=1S/C13H13F3O3/c1-8(12(17)13(14,15)16)11(19-3)9-4-6-10(18-2)7-5-9/h4-7H,1-3H3. The van der Waals surface area contributed by atoms with E-state index < -0.39 is 17.5 Å². The fourth-order valence-corrected chi connectivity index (χ4v) is 1.55. The van der Waals surface area contributed by atoms with Crippen molar-refractivity contribution in [1.29, 1.82) is 0 Å². The number of hydrogen-bond donors (Lipinski definition) is 0. The van der Waals surface area contributed by atoms with Crippen LogP contribution >= 0.6 is 0 Å². The van der Waals surface area contributed by atoms with Crippen molar-refractivity contribution in [3.8, 4) is 5.75 Å². The number of alkyl halides is 3. The van der Waals surface area contributed by atoms with Crippen molar-refractivity contribution in [1.82, 2.24) is 0 Å². The molecule has 0 bridgehead atoms. The van der Waals surface area contributed by atoms with Gasteiger partial charge >= 0.3 is 6.18 Å². The summed E-state index contributed by atoms with van der Waals surface area (Å²) >= 11 is 0. The Bertz CT molecular complexity index is 487. The molecule has 0 saturated carbocycles. The summed E-state index contributed by atoms with van der Waals surface area (Å²) in [5, 5.41) is 0. The molecule has 0 unspecified atom stereocenters. The van der Waals surface area contributed by atoms with Gasteiger partial charge in [0.05, 0.1) is 14.2 Å². The first-order valence-electron chi connectivity index (χ1n) is 5.32. The molecule has 1 aromatic rings. The van der Waals surface area contributed by atoms with E-state index in [4.69, 9.17) is 9.47 Å². The minimum atomic E-state index is -4.92. The number of ether oxygens (including phenoxy) is 2. The molecule has 0 amide bonds. The molecule has 6 heteroatoms. The van der Waals surface area contributed by atoms with E-state index in [0.717, 1.165) is 6.92 Å². The van der Waals surface area contributed by atoms with E-state index in [2.05, 4.69) is 0 Å². The Morgan fingerprint density at radius 3 is 2.00 bits per heavy atom. The third kappa shape index (κ3) is 3.49. The molecule has 19 heavy (non-hydrogen) atoms. The van der Waals surface area contributed by atoms with Gasteiger partial charge in [0.1, 0.15) is 11.5 Å². The van der Waals surface area contributed by atoms with Crippen LogP contribution in [-0.2, 0) is 9.53 Å². The van der Waals surface area contributed by atoms with Gasteiger partial charge in [-0.3, -0.25) is 4.79 Å². The molecule has 1 aromatic carbocycles. The lowest BCUT2D eigenvalue weighted by Crippen LogP contribution is -2.24. The highest BCUT2D eigenvalue weighted by molar-refractivity contribution is 6.04. The van der Waals surface area contributed by atoms with Crippen LogP contribution in [-0.4, -0.2) is 26.2 Å². The summed E-state index contributed by atoms with van der Waals surface area (Å²) in [4.78, 5) is 11.2. The number of benzene rings is 1. The zero-order chi connectivity index (χ0) is 14.6. The van der Waals surface area contributed by atoms with Crippen molar-refractivity contribution in [2.24, 2.45) is 0 Å². The molecule has 0 N–H and O–H groups in total. The minimum Gasteiger partial charge on any atom is -0.497 e. The van der Waals surface area contributed by atoms with E-state index in [-0.39, 0.29) is 5.76 Å². The van der Waals surface area contributed by atoms with Crippen LogP contribution < -0.4 is 4.74 Å². The van der Waals surface area contributed by atoms with Gasteiger partial charge in [0, 0.05) is 11.1 Å². The third-order valence-corrected chi connectivity index (χ3v) is 2.49. The number of carbonyl (C=O) groups is 1. The lowest BCUT2D eigenvalue weighted by Gasteiger charge is -2.12. The van der Waals surface area contributed by atoms with Crippen LogP contribution in [0.4, 0.5) is 13.2 Å². The molecule has 0 aromatic heterocycles. The van der Waals surface area contributed by atoms with Crippen LogP contribution in [0.5, 0.6) is 5.75 Å². The van der Waals surface area contributed by atoms with Gasteiger partial charge in [0.15, 0.2) is 0 Å². The summed E-state index contributed by atoms with van der Waals surface area (Å²) in [5.41, 5.74) is -0.112. The highest BCUT2D eigenvalue weighted by Gasteiger charge is 2.40. The molecule has 0 aliphatic carbocycles. The third-order valence-electron chi connectivity index (χ3n) is 2.49. The van der Waals surface area contributed by atoms with E-state index in [1.807, 2.05) is 0 Å². The monoisotopic (exact) mass is 274 g/mol. The van der Waals surface area contributed by atoms with Crippen molar-refractivity contribution in [2.75, 3.05) is 14.2 Å². The van der Waals surface area contributed by atoms with Gasteiger partial charge in [-0.15, -0.1) is 0 Å². The smallest absolute Gasteiger partial charge is 0.454 e. The van der Waals surface area contributed by atoms with Gasteiger partial charge in [0.2, 0.25) is 0 Å². The molecule has 104 valence electrons. The van der Waals surface area contributed by atoms with E-state index in [9.17, 15) is 18.0 Å². The molecular formula is C13H13F3O3. The normalized spacial score (nSPS) is 12.7. The van der Waals surface area contributed by atoms with Crippen LogP contribution in [0.1, 0.15) is 12.5 Å². The first-order valence-corrected chi connectivity index (χ1v) is 5.32. The second-order valence-electron chi connectivity index (χ2n) is 3.71. The number of methoxy groups -OCH3 is 2. The maximum absolute atomic E-state index is 12.4. The Balaban J connectivity index is 3.21. The van der Waals surface area contributed by atoms with Crippen molar-refractivity contribution in [3.63, 3.8) is 0 Å². The Morgan fingerprint density at radius 2 is 1.63 bits per heavy atom. The van der Waals surface area contributed by atoms with Crippen molar-refractivity contribution >= 4 is 11.5 Å². The number of allylic oxidation sites excluding steroid dienone is 1. The quantitative estimate of drug-likeness (QED) is 0.624. The van der Waals surface area contributed by atoms with Crippen molar-refractivity contribution < 1.29 is 27.4 Å². The predicted molar refractivity (Wildman–Crippen MR) is 63.7 cm³/mol. The van der Waals surface area contributed by atoms with Crippen LogP contribution in [0.15, 0.2) is 29.8 Å². The highest BCUT2D eigenvalue weighted by Crippen LogP contribution is 2.27. The maximum Gasteiger partial charge on any atom is 0.454 e. The molecule has 0 saturated heterocycles. The van der Waals surface area contributed by atoms with Crippen molar-refractivity contribution in [3.05, 3.63) is 35.4 Å². The second kappa shape index (κ2) is 5.77. The summed E-state index contributed by atoms with van der Waals surface area (Å²) in [6, 6.07) is 6.18. The number of carbonyl (C=O) groups excluding carboxylic acids is 1. The van der Waals surface area contributed by atoms with Crippen LogP contribution in [0.3, 0.4) is 0 Å².